The molecule has 6 heteroatoms. The Morgan fingerprint density at radius 1 is 1.19 bits per heavy atom. The topological polar surface area (TPSA) is 80.9 Å². The maximum atomic E-state index is 10.7. The van der Waals surface area contributed by atoms with Crippen LogP contribution in [0.3, 0.4) is 0 Å². The lowest BCUT2D eigenvalue weighted by Gasteiger charge is -2.01. The molecule has 0 spiro atoms. The van der Waals surface area contributed by atoms with Gasteiger partial charge in [0, 0.05) is 18.0 Å². The van der Waals surface area contributed by atoms with Gasteiger partial charge < -0.3 is 5.11 Å². The quantitative estimate of drug-likeness (QED) is 0.790. The van der Waals surface area contributed by atoms with Crippen LogP contribution in [0.2, 0.25) is 0 Å². The zero-order valence-corrected chi connectivity index (χ0v) is 11.0. The molecule has 1 N–H and O–H groups in total. The highest BCUT2D eigenvalue weighted by molar-refractivity contribution is 5.70. The SMILES string of the molecule is O=C(O)Cc1ccc(-n2cc(-c3cccnc3)nn2)cc1. The van der Waals surface area contributed by atoms with Crippen molar-refractivity contribution < 1.29 is 9.90 Å². The first-order valence-electron chi connectivity index (χ1n) is 6.36. The molecule has 0 radical (unpaired) electrons. The van der Waals surface area contributed by atoms with E-state index in [4.69, 9.17) is 5.11 Å². The van der Waals surface area contributed by atoms with Crippen molar-refractivity contribution in [2.45, 2.75) is 6.42 Å². The Balaban J connectivity index is 1.85. The number of aromatic nitrogens is 4. The van der Waals surface area contributed by atoms with Crippen molar-refractivity contribution in [2.24, 2.45) is 0 Å². The first-order valence-corrected chi connectivity index (χ1v) is 6.36. The summed E-state index contributed by atoms with van der Waals surface area (Å²) in [7, 11) is 0. The molecule has 6 nitrogen and oxygen atoms in total. The van der Waals surface area contributed by atoms with Crippen LogP contribution in [0.1, 0.15) is 5.56 Å². The van der Waals surface area contributed by atoms with Gasteiger partial charge in [0.25, 0.3) is 0 Å². The normalized spacial score (nSPS) is 10.5. The van der Waals surface area contributed by atoms with E-state index in [1.54, 1.807) is 29.2 Å². The van der Waals surface area contributed by atoms with Crippen molar-refractivity contribution in [2.75, 3.05) is 0 Å². The number of benzene rings is 1. The molecule has 0 saturated heterocycles. The number of carbonyl (C=O) groups is 1. The lowest BCUT2D eigenvalue weighted by atomic mass is 10.1. The number of rotatable bonds is 4. The second-order valence-corrected chi connectivity index (χ2v) is 4.53. The third-order valence-corrected chi connectivity index (χ3v) is 3.01. The number of hydrogen-bond donors (Lipinski definition) is 1. The minimum Gasteiger partial charge on any atom is -0.481 e. The van der Waals surface area contributed by atoms with Gasteiger partial charge in [-0.05, 0) is 29.8 Å². The van der Waals surface area contributed by atoms with Gasteiger partial charge in [0.1, 0.15) is 5.69 Å². The highest BCUT2D eigenvalue weighted by Gasteiger charge is 2.06. The van der Waals surface area contributed by atoms with E-state index in [-0.39, 0.29) is 6.42 Å². The first-order chi connectivity index (χ1) is 10.2. The predicted octanol–water partition coefficient (Wildman–Crippen LogP) is 1.96. The van der Waals surface area contributed by atoms with Gasteiger partial charge >= 0.3 is 5.97 Å². The van der Waals surface area contributed by atoms with Crippen LogP contribution < -0.4 is 0 Å². The Bertz CT molecular complexity index is 751. The molecule has 0 saturated carbocycles. The summed E-state index contributed by atoms with van der Waals surface area (Å²) >= 11 is 0. The van der Waals surface area contributed by atoms with Gasteiger partial charge in [-0.1, -0.05) is 17.3 Å². The van der Waals surface area contributed by atoms with E-state index in [0.717, 1.165) is 22.5 Å². The van der Waals surface area contributed by atoms with Gasteiger partial charge in [0.2, 0.25) is 0 Å². The molecule has 0 aliphatic rings. The summed E-state index contributed by atoms with van der Waals surface area (Å²) in [6, 6.07) is 10.9. The molecule has 0 unspecified atom stereocenters. The Hall–Kier alpha value is -3.02. The van der Waals surface area contributed by atoms with Crippen molar-refractivity contribution in [1.29, 1.82) is 0 Å². The summed E-state index contributed by atoms with van der Waals surface area (Å²) in [6.07, 6.45) is 5.25. The second kappa shape index (κ2) is 5.54. The third kappa shape index (κ3) is 2.94. The smallest absolute Gasteiger partial charge is 0.307 e. The van der Waals surface area contributed by atoms with E-state index < -0.39 is 5.97 Å². The highest BCUT2D eigenvalue weighted by Crippen LogP contribution is 2.16. The third-order valence-electron chi connectivity index (χ3n) is 3.01. The molecule has 2 aromatic heterocycles. The van der Waals surface area contributed by atoms with Gasteiger partial charge in [0.05, 0.1) is 18.3 Å². The van der Waals surface area contributed by atoms with E-state index in [1.165, 1.54) is 0 Å². The Morgan fingerprint density at radius 2 is 2.00 bits per heavy atom. The molecule has 3 aromatic rings. The summed E-state index contributed by atoms with van der Waals surface area (Å²) in [5.41, 5.74) is 3.20. The van der Waals surface area contributed by atoms with Crippen LogP contribution in [-0.4, -0.2) is 31.1 Å². The van der Waals surface area contributed by atoms with Crippen LogP contribution in [0, 0.1) is 0 Å². The van der Waals surface area contributed by atoms with Crippen molar-refractivity contribution in [3.05, 3.63) is 60.6 Å². The lowest BCUT2D eigenvalue weighted by molar-refractivity contribution is -0.136. The highest BCUT2D eigenvalue weighted by atomic mass is 16.4. The minimum atomic E-state index is -0.845. The fourth-order valence-corrected chi connectivity index (χ4v) is 1.98. The van der Waals surface area contributed by atoms with E-state index in [1.807, 2.05) is 30.5 Å². The maximum Gasteiger partial charge on any atom is 0.307 e. The Kier molecular flexibility index (Phi) is 3.42. The van der Waals surface area contributed by atoms with Gasteiger partial charge in [0.15, 0.2) is 0 Å². The number of nitrogens with zero attached hydrogens (tertiary/aromatic N) is 4. The van der Waals surface area contributed by atoms with E-state index in [9.17, 15) is 4.79 Å². The van der Waals surface area contributed by atoms with Gasteiger partial charge in [-0.15, -0.1) is 5.10 Å². The van der Waals surface area contributed by atoms with Crippen molar-refractivity contribution in [3.8, 4) is 16.9 Å². The number of carboxylic acids is 1. The number of carboxylic acid groups (broad SMARTS) is 1. The van der Waals surface area contributed by atoms with E-state index >= 15 is 0 Å². The molecule has 0 bridgehead atoms. The van der Waals surface area contributed by atoms with Crippen LogP contribution >= 0.6 is 0 Å². The molecule has 0 aliphatic heterocycles. The largest absolute Gasteiger partial charge is 0.481 e. The molecule has 0 amide bonds. The average molecular weight is 280 g/mol. The molecule has 3 rings (SSSR count). The minimum absolute atomic E-state index is 0.0125. The van der Waals surface area contributed by atoms with Crippen molar-refractivity contribution >= 4 is 5.97 Å². The average Bonchev–Trinajstić information content (AvgIpc) is 2.98. The number of pyridine rings is 1. The second-order valence-electron chi connectivity index (χ2n) is 4.53. The predicted molar refractivity (Wildman–Crippen MR) is 75.9 cm³/mol. The van der Waals surface area contributed by atoms with Crippen LogP contribution in [-0.2, 0) is 11.2 Å². The molecule has 0 atom stereocenters. The van der Waals surface area contributed by atoms with E-state index in [2.05, 4.69) is 15.3 Å². The Morgan fingerprint density at radius 3 is 2.67 bits per heavy atom. The monoisotopic (exact) mass is 280 g/mol. The van der Waals surface area contributed by atoms with Crippen LogP contribution in [0.15, 0.2) is 55.0 Å². The molecule has 0 aliphatic carbocycles. The molecule has 2 heterocycles. The van der Waals surface area contributed by atoms with E-state index in [0.29, 0.717) is 0 Å². The van der Waals surface area contributed by atoms with Crippen LogP contribution in [0.4, 0.5) is 0 Å². The van der Waals surface area contributed by atoms with Gasteiger partial charge in [-0.2, -0.15) is 0 Å². The molecular weight excluding hydrogens is 268 g/mol. The van der Waals surface area contributed by atoms with Crippen molar-refractivity contribution in [1.82, 2.24) is 20.0 Å². The summed E-state index contributed by atoms with van der Waals surface area (Å²) < 4.78 is 1.65. The molecule has 104 valence electrons. The van der Waals surface area contributed by atoms with Gasteiger partial charge in [-0.25, -0.2) is 4.68 Å². The lowest BCUT2D eigenvalue weighted by Crippen LogP contribution is -2.00. The standard InChI is InChI=1S/C15H12N4O2/c20-15(21)8-11-3-5-13(6-4-11)19-10-14(17-18-19)12-2-1-7-16-9-12/h1-7,9-10H,8H2,(H,20,21). The summed E-state index contributed by atoms with van der Waals surface area (Å²) in [5.74, 6) is -0.845. The zero-order chi connectivity index (χ0) is 14.7. The molecule has 0 fully saturated rings. The number of aliphatic carboxylic acids is 1. The fraction of sp³-hybridized carbons (Fsp3) is 0.0667. The summed E-state index contributed by atoms with van der Waals surface area (Å²) in [5, 5.41) is 16.9. The first kappa shape index (κ1) is 13.0. The van der Waals surface area contributed by atoms with Crippen LogP contribution in [0.25, 0.3) is 16.9 Å². The summed E-state index contributed by atoms with van der Waals surface area (Å²) in [4.78, 5) is 14.7. The van der Waals surface area contributed by atoms with Crippen molar-refractivity contribution in [3.63, 3.8) is 0 Å². The zero-order valence-electron chi connectivity index (χ0n) is 11.0. The molecule has 21 heavy (non-hydrogen) atoms. The summed E-state index contributed by atoms with van der Waals surface area (Å²) in [6.45, 7) is 0. The maximum absolute atomic E-state index is 10.7. The molecular formula is C15H12N4O2. The number of hydrogen-bond acceptors (Lipinski definition) is 4. The fourth-order valence-electron chi connectivity index (χ4n) is 1.98. The van der Waals surface area contributed by atoms with Gasteiger partial charge in [-0.3, -0.25) is 9.78 Å². The Labute approximate surface area is 120 Å². The molecule has 1 aromatic carbocycles. The van der Waals surface area contributed by atoms with Crippen LogP contribution in [0.5, 0.6) is 0 Å².